The van der Waals surface area contributed by atoms with Crippen LogP contribution in [-0.2, 0) is 16.1 Å². The van der Waals surface area contributed by atoms with Crippen molar-refractivity contribution in [2.75, 3.05) is 31.6 Å². The van der Waals surface area contributed by atoms with Crippen LogP contribution in [0, 0.1) is 5.92 Å². The fraction of sp³-hybridized carbons (Fsp3) is 0.407. The Morgan fingerprint density at radius 1 is 1.18 bits per heavy atom. The molecule has 3 aromatic rings. The smallest absolute Gasteiger partial charge is 0.306 e. The van der Waals surface area contributed by atoms with Gasteiger partial charge in [0.2, 0.25) is 0 Å². The molecule has 1 unspecified atom stereocenters. The van der Waals surface area contributed by atoms with Crippen molar-refractivity contribution in [2.45, 2.75) is 39.3 Å². The van der Waals surface area contributed by atoms with Gasteiger partial charge < -0.3 is 14.8 Å². The second-order valence-corrected chi connectivity index (χ2v) is 9.08. The van der Waals surface area contributed by atoms with Gasteiger partial charge in [0.1, 0.15) is 19.0 Å². The van der Waals surface area contributed by atoms with Gasteiger partial charge in [-0.1, -0.05) is 38.1 Å². The largest absolute Gasteiger partial charge is 0.490 e. The molecule has 6 heteroatoms. The zero-order chi connectivity index (χ0) is 23.0. The number of nitrogens with zero attached hydrogens (tertiary/aromatic N) is 2. The molecule has 1 atom stereocenters. The highest BCUT2D eigenvalue weighted by Crippen LogP contribution is 2.25. The lowest BCUT2D eigenvalue weighted by molar-refractivity contribution is -0.145. The minimum atomic E-state index is -0.167. The van der Waals surface area contributed by atoms with Gasteiger partial charge in [0.25, 0.3) is 0 Å². The van der Waals surface area contributed by atoms with E-state index in [0.717, 1.165) is 37.2 Å². The van der Waals surface area contributed by atoms with Crippen molar-refractivity contribution in [3.63, 3.8) is 0 Å². The van der Waals surface area contributed by atoms with E-state index < -0.39 is 0 Å². The van der Waals surface area contributed by atoms with E-state index in [0.29, 0.717) is 25.0 Å². The van der Waals surface area contributed by atoms with Crippen molar-refractivity contribution < 1.29 is 14.3 Å². The summed E-state index contributed by atoms with van der Waals surface area (Å²) >= 11 is 0. The molecule has 1 aliphatic rings. The summed E-state index contributed by atoms with van der Waals surface area (Å²) in [6, 6.07) is 17.0. The van der Waals surface area contributed by atoms with Crippen LogP contribution in [0.15, 0.2) is 60.9 Å². The molecule has 0 radical (unpaired) electrons. The average Bonchev–Trinajstić information content (AvgIpc) is 3.23. The predicted octanol–water partition coefficient (Wildman–Crippen LogP) is 4.89. The highest BCUT2D eigenvalue weighted by molar-refractivity contribution is 5.93. The second kappa shape index (κ2) is 11.1. The molecule has 1 aromatic heterocycles. The van der Waals surface area contributed by atoms with Gasteiger partial charge in [-0.3, -0.25) is 14.7 Å². The summed E-state index contributed by atoms with van der Waals surface area (Å²) in [6.07, 6.45) is 5.31. The number of anilines is 1. The summed E-state index contributed by atoms with van der Waals surface area (Å²) in [5, 5.41) is 6.10. The molecule has 4 rings (SSSR count). The number of nitrogens with one attached hydrogen (secondary N) is 1. The second-order valence-electron chi connectivity index (χ2n) is 9.08. The van der Waals surface area contributed by atoms with Gasteiger partial charge in [-0.15, -0.1) is 0 Å². The number of benzene rings is 2. The van der Waals surface area contributed by atoms with Crippen LogP contribution in [0.1, 0.15) is 32.3 Å². The van der Waals surface area contributed by atoms with Gasteiger partial charge in [0.05, 0.1) is 0 Å². The monoisotopic (exact) mass is 447 g/mol. The van der Waals surface area contributed by atoms with E-state index in [9.17, 15) is 4.79 Å². The summed E-state index contributed by atoms with van der Waals surface area (Å²) in [7, 11) is 0. The van der Waals surface area contributed by atoms with E-state index >= 15 is 0 Å². The number of aromatic nitrogens is 1. The molecule has 0 aliphatic carbocycles. The molecule has 1 N–H and O–H groups in total. The van der Waals surface area contributed by atoms with Crippen LogP contribution in [-0.4, -0.2) is 48.2 Å². The molecule has 0 bridgehead atoms. The first kappa shape index (κ1) is 23.1. The number of hydrogen-bond donors (Lipinski definition) is 1. The van der Waals surface area contributed by atoms with E-state index in [1.165, 1.54) is 16.6 Å². The highest BCUT2D eigenvalue weighted by atomic mass is 16.6. The van der Waals surface area contributed by atoms with E-state index in [1.807, 2.05) is 38.4 Å². The average molecular weight is 448 g/mol. The minimum Gasteiger partial charge on any atom is -0.490 e. The van der Waals surface area contributed by atoms with Crippen molar-refractivity contribution in [1.82, 2.24) is 9.88 Å². The molecular weight excluding hydrogens is 414 g/mol. The Bertz CT molecular complexity index is 1060. The Hall–Kier alpha value is -3.12. The van der Waals surface area contributed by atoms with Crippen LogP contribution in [0.5, 0.6) is 5.75 Å². The number of pyridine rings is 1. The van der Waals surface area contributed by atoms with Crippen molar-refractivity contribution in [3.8, 4) is 5.75 Å². The zero-order valence-corrected chi connectivity index (χ0v) is 19.5. The highest BCUT2D eigenvalue weighted by Gasteiger charge is 2.23. The van der Waals surface area contributed by atoms with Crippen LogP contribution in [0.2, 0.25) is 0 Å². The number of hydrogen-bond acceptors (Lipinski definition) is 6. The van der Waals surface area contributed by atoms with Crippen LogP contribution in [0.3, 0.4) is 0 Å². The summed E-state index contributed by atoms with van der Waals surface area (Å²) in [6.45, 7) is 7.59. The zero-order valence-electron chi connectivity index (χ0n) is 19.5. The molecule has 6 nitrogen and oxygen atoms in total. The molecule has 0 spiro atoms. The van der Waals surface area contributed by atoms with Gasteiger partial charge in [-0.25, -0.2) is 0 Å². The van der Waals surface area contributed by atoms with Gasteiger partial charge in [0, 0.05) is 61.0 Å². The molecule has 1 saturated heterocycles. The van der Waals surface area contributed by atoms with Crippen LogP contribution >= 0.6 is 0 Å². The molecule has 33 heavy (non-hydrogen) atoms. The lowest BCUT2D eigenvalue weighted by Gasteiger charge is -2.19. The quantitative estimate of drug-likeness (QED) is 0.353. The Morgan fingerprint density at radius 2 is 2.06 bits per heavy atom. The fourth-order valence-corrected chi connectivity index (χ4v) is 4.26. The summed E-state index contributed by atoms with van der Waals surface area (Å²) in [5.74, 6) is 0.949. The molecule has 0 saturated carbocycles. The maximum atomic E-state index is 11.6. The summed E-state index contributed by atoms with van der Waals surface area (Å²) < 4.78 is 11.0. The molecular formula is C27H33N3O3. The molecule has 0 amide bonds. The maximum absolute atomic E-state index is 11.6. The number of fused-ring (bicyclic) bond motifs is 1. The predicted molar refractivity (Wildman–Crippen MR) is 131 cm³/mol. The molecule has 2 heterocycles. The van der Waals surface area contributed by atoms with Gasteiger partial charge >= 0.3 is 5.97 Å². The third-order valence-corrected chi connectivity index (χ3v) is 5.81. The first-order valence-corrected chi connectivity index (χ1v) is 11.8. The summed E-state index contributed by atoms with van der Waals surface area (Å²) in [4.78, 5) is 18.3. The molecule has 1 aliphatic heterocycles. The first-order valence-electron chi connectivity index (χ1n) is 11.8. The van der Waals surface area contributed by atoms with Crippen LogP contribution < -0.4 is 10.1 Å². The number of carbonyl (C=O) groups excluding carboxylic acids is 1. The number of carbonyl (C=O) groups is 1. The normalized spacial score (nSPS) is 16.3. The van der Waals surface area contributed by atoms with Gasteiger partial charge in [-0.05, 0) is 42.2 Å². The number of rotatable bonds is 10. The maximum Gasteiger partial charge on any atom is 0.306 e. The number of likely N-dealkylation sites (tertiary alicyclic amines) is 1. The Balaban J connectivity index is 1.25. The Labute approximate surface area is 195 Å². The Kier molecular flexibility index (Phi) is 7.79. The lowest BCUT2D eigenvalue weighted by Crippen LogP contribution is -2.26. The van der Waals surface area contributed by atoms with Crippen molar-refractivity contribution in [1.29, 1.82) is 0 Å². The van der Waals surface area contributed by atoms with E-state index in [-0.39, 0.29) is 12.6 Å². The fourth-order valence-electron chi connectivity index (χ4n) is 4.26. The third kappa shape index (κ3) is 6.68. The van der Waals surface area contributed by atoms with E-state index in [4.69, 9.17) is 9.47 Å². The van der Waals surface area contributed by atoms with Crippen LogP contribution in [0.25, 0.3) is 10.8 Å². The molecule has 1 fully saturated rings. The van der Waals surface area contributed by atoms with Crippen molar-refractivity contribution in [3.05, 3.63) is 66.5 Å². The van der Waals surface area contributed by atoms with Gasteiger partial charge in [0.15, 0.2) is 0 Å². The van der Waals surface area contributed by atoms with Crippen molar-refractivity contribution in [2.24, 2.45) is 5.92 Å². The van der Waals surface area contributed by atoms with E-state index in [1.54, 1.807) is 0 Å². The number of esters is 1. The lowest BCUT2D eigenvalue weighted by atomic mass is 10.1. The SMILES string of the molecule is CC(C)CC(=O)OCCOc1cccc(CN2CCC(Nc3cccc4cnccc34)C2)c1. The standard InChI is InChI=1S/C27H33N3O3/c1-20(2)15-27(31)33-14-13-32-24-7-3-5-21(16-24)18-30-12-10-23(19-30)29-26-8-4-6-22-17-28-11-9-25(22)26/h3-9,11,16-17,20,23,29H,10,12-15,18-19H2,1-2H3. The summed E-state index contributed by atoms with van der Waals surface area (Å²) in [5.41, 5.74) is 2.40. The van der Waals surface area contributed by atoms with Gasteiger partial charge in [-0.2, -0.15) is 0 Å². The van der Waals surface area contributed by atoms with Crippen LogP contribution in [0.4, 0.5) is 5.69 Å². The Morgan fingerprint density at radius 3 is 2.94 bits per heavy atom. The van der Waals surface area contributed by atoms with E-state index in [2.05, 4.69) is 51.6 Å². The first-order chi connectivity index (χ1) is 16.1. The van der Waals surface area contributed by atoms with Crippen molar-refractivity contribution >= 4 is 22.4 Å². The third-order valence-electron chi connectivity index (χ3n) is 5.81. The topological polar surface area (TPSA) is 63.7 Å². The minimum absolute atomic E-state index is 0.167. The molecule has 2 aromatic carbocycles. The molecule has 174 valence electrons. The number of ether oxygens (including phenoxy) is 2.